The highest BCUT2D eigenvalue weighted by atomic mass is 16.5. The van der Waals surface area contributed by atoms with Crippen molar-refractivity contribution >= 4 is 0 Å². The van der Waals surface area contributed by atoms with E-state index in [0.29, 0.717) is 23.9 Å². The van der Waals surface area contributed by atoms with Gasteiger partial charge in [-0.1, -0.05) is 12.1 Å². The van der Waals surface area contributed by atoms with Crippen LogP contribution in [0.5, 0.6) is 23.0 Å². The minimum Gasteiger partial charge on any atom is -0.497 e. The summed E-state index contributed by atoms with van der Waals surface area (Å²) in [5, 5.41) is 0. The average Bonchev–Trinajstić information content (AvgIpc) is 2.52. The minimum atomic E-state index is 0.452. The minimum absolute atomic E-state index is 0.452. The molecule has 0 atom stereocenters. The fraction of sp³-hybridized carbons (Fsp3) is 0.250. The molecule has 2 aromatic carbocycles. The molecular weight excluding hydrogens is 256 g/mol. The first kappa shape index (κ1) is 14.1. The maximum Gasteiger partial charge on any atom is 0.127 e. The first-order valence-electron chi connectivity index (χ1n) is 6.24. The topological polar surface area (TPSA) is 36.9 Å². The molecule has 0 aliphatic carbocycles. The van der Waals surface area contributed by atoms with Gasteiger partial charge < -0.3 is 18.9 Å². The fourth-order valence-electron chi connectivity index (χ4n) is 1.79. The normalized spacial score (nSPS) is 9.95. The molecule has 0 N–H and O–H groups in total. The van der Waals surface area contributed by atoms with Crippen LogP contribution in [0.15, 0.2) is 42.5 Å². The molecule has 0 saturated carbocycles. The number of hydrogen-bond donors (Lipinski definition) is 0. The van der Waals surface area contributed by atoms with Gasteiger partial charge in [0.25, 0.3) is 0 Å². The van der Waals surface area contributed by atoms with E-state index in [-0.39, 0.29) is 0 Å². The van der Waals surface area contributed by atoms with Crippen LogP contribution in [-0.4, -0.2) is 21.3 Å². The second-order valence-electron chi connectivity index (χ2n) is 4.19. The van der Waals surface area contributed by atoms with Gasteiger partial charge in [-0.15, -0.1) is 0 Å². The summed E-state index contributed by atoms with van der Waals surface area (Å²) >= 11 is 0. The quantitative estimate of drug-likeness (QED) is 0.810. The van der Waals surface area contributed by atoms with Crippen molar-refractivity contribution < 1.29 is 18.9 Å². The van der Waals surface area contributed by atoms with E-state index in [1.807, 2.05) is 36.4 Å². The summed E-state index contributed by atoms with van der Waals surface area (Å²) in [5.74, 6) is 2.91. The van der Waals surface area contributed by atoms with Gasteiger partial charge in [0.1, 0.15) is 29.6 Å². The van der Waals surface area contributed by atoms with Crippen molar-refractivity contribution in [2.75, 3.05) is 21.3 Å². The highest BCUT2D eigenvalue weighted by Crippen LogP contribution is 2.28. The maximum atomic E-state index is 5.76. The average molecular weight is 274 g/mol. The lowest BCUT2D eigenvalue weighted by Gasteiger charge is -2.11. The predicted molar refractivity (Wildman–Crippen MR) is 76.9 cm³/mol. The van der Waals surface area contributed by atoms with Crippen molar-refractivity contribution in [1.29, 1.82) is 0 Å². The Bertz CT molecular complexity index is 544. The number of rotatable bonds is 6. The summed E-state index contributed by atoms with van der Waals surface area (Å²) in [6, 6.07) is 13.2. The van der Waals surface area contributed by atoms with Crippen molar-refractivity contribution in [3.8, 4) is 23.0 Å². The molecular formula is C16H18O4. The van der Waals surface area contributed by atoms with Crippen LogP contribution < -0.4 is 18.9 Å². The van der Waals surface area contributed by atoms with E-state index in [4.69, 9.17) is 18.9 Å². The summed E-state index contributed by atoms with van der Waals surface area (Å²) in [5.41, 5.74) is 1.03. The molecule has 4 heteroatoms. The van der Waals surface area contributed by atoms with E-state index in [9.17, 15) is 0 Å². The van der Waals surface area contributed by atoms with Gasteiger partial charge in [-0.05, 0) is 17.7 Å². The lowest BCUT2D eigenvalue weighted by Crippen LogP contribution is -1.97. The van der Waals surface area contributed by atoms with Crippen molar-refractivity contribution in [3.05, 3.63) is 48.0 Å². The summed E-state index contributed by atoms with van der Waals surface area (Å²) in [4.78, 5) is 0. The van der Waals surface area contributed by atoms with Crippen LogP contribution in [0.25, 0.3) is 0 Å². The molecule has 0 amide bonds. The van der Waals surface area contributed by atoms with Gasteiger partial charge in [-0.25, -0.2) is 0 Å². The molecule has 0 fully saturated rings. The molecule has 2 rings (SSSR count). The summed E-state index contributed by atoms with van der Waals surface area (Å²) in [6.45, 7) is 0.452. The van der Waals surface area contributed by atoms with Crippen LogP contribution in [-0.2, 0) is 6.61 Å². The standard InChI is InChI=1S/C16H18O4/c1-17-13-6-4-5-12(7-13)11-20-16-9-14(18-2)8-15(10-16)19-3/h4-10H,11H2,1-3H3. The second-order valence-corrected chi connectivity index (χ2v) is 4.19. The molecule has 0 saturated heterocycles. The second kappa shape index (κ2) is 6.70. The van der Waals surface area contributed by atoms with Crippen molar-refractivity contribution in [2.24, 2.45) is 0 Å². The molecule has 0 aliphatic heterocycles. The Kier molecular flexibility index (Phi) is 4.71. The SMILES string of the molecule is COc1cccc(COc2cc(OC)cc(OC)c2)c1. The molecule has 0 spiro atoms. The van der Waals surface area contributed by atoms with Crippen LogP contribution in [0, 0.1) is 0 Å². The van der Waals surface area contributed by atoms with E-state index < -0.39 is 0 Å². The fourth-order valence-corrected chi connectivity index (χ4v) is 1.79. The number of benzene rings is 2. The van der Waals surface area contributed by atoms with E-state index >= 15 is 0 Å². The van der Waals surface area contributed by atoms with E-state index in [0.717, 1.165) is 11.3 Å². The molecule has 0 radical (unpaired) electrons. The molecule has 0 aromatic heterocycles. The van der Waals surface area contributed by atoms with Gasteiger partial charge >= 0.3 is 0 Å². The first-order valence-corrected chi connectivity index (χ1v) is 6.24. The summed E-state index contributed by atoms with van der Waals surface area (Å²) in [7, 11) is 4.87. The number of hydrogen-bond acceptors (Lipinski definition) is 4. The summed E-state index contributed by atoms with van der Waals surface area (Å²) < 4.78 is 21.4. The van der Waals surface area contributed by atoms with Crippen molar-refractivity contribution in [2.45, 2.75) is 6.61 Å². The lowest BCUT2D eigenvalue weighted by molar-refractivity contribution is 0.299. The van der Waals surface area contributed by atoms with Crippen LogP contribution >= 0.6 is 0 Å². The largest absolute Gasteiger partial charge is 0.497 e. The Labute approximate surface area is 118 Å². The zero-order chi connectivity index (χ0) is 14.4. The van der Waals surface area contributed by atoms with E-state index in [2.05, 4.69) is 0 Å². The highest BCUT2D eigenvalue weighted by Gasteiger charge is 2.04. The third kappa shape index (κ3) is 3.57. The highest BCUT2D eigenvalue weighted by molar-refractivity contribution is 5.42. The van der Waals surface area contributed by atoms with Crippen LogP contribution in [0.1, 0.15) is 5.56 Å². The Hall–Kier alpha value is -2.36. The van der Waals surface area contributed by atoms with Crippen LogP contribution in [0.4, 0.5) is 0 Å². The third-order valence-electron chi connectivity index (χ3n) is 2.86. The van der Waals surface area contributed by atoms with Gasteiger partial charge in [0.2, 0.25) is 0 Å². The lowest BCUT2D eigenvalue weighted by atomic mass is 10.2. The number of ether oxygens (including phenoxy) is 4. The Balaban J connectivity index is 2.09. The predicted octanol–water partition coefficient (Wildman–Crippen LogP) is 3.29. The molecule has 106 valence electrons. The monoisotopic (exact) mass is 274 g/mol. The first-order chi connectivity index (χ1) is 9.75. The van der Waals surface area contributed by atoms with Crippen LogP contribution in [0.3, 0.4) is 0 Å². The Morgan fingerprint density at radius 3 is 1.90 bits per heavy atom. The van der Waals surface area contributed by atoms with Gasteiger partial charge in [0.15, 0.2) is 0 Å². The maximum absolute atomic E-state index is 5.76. The summed E-state index contributed by atoms with van der Waals surface area (Å²) in [6.07, 6.45) is 0. The zero-order valence-electron chi connectivity index (χ0n) is 11.9. The Morgan fingerprint density at radius 1 is 0.700 bits per heavy atom. The van der Waals surface area contributed by atoms with E-state index in [1.165, 1.54) is 0 Å². The smallest absolute Gasteiger partial charge is 0.127 e. The molecule has 4 nitrogen and oxygen atoms in total. The Morgan fingerprint density at radius 2 is 1.30 bits per heavy atom. The molecule has 20 heavy (non-hydrogen) atoms. The number of methoxy groups -OCH3 is 3. The molecule has 0 bridgehead atoms. The van der Waals surface area contributed by atoms with Gasteiger partial charge in [-0.2, -0.15) is 0 Å². The van der Waals surface area contributed by atoms with Gasteiger partial charge in [0, 0.05) is 18.2 Å². The molecule has 0 heterocycles. The van der Waals surface area contributed by atoms with Crippen LogP contribution in [0.2, 0.25) is 0 Å². The van der Waals surface area contributed by atoms with Crippen molar-refractivity contribution in [1.82, 2.24) is 0 Å². The molecule has 0 aliphatic rings. The zero-order valence-corrected chi connectivity index (χ0v) is 11.9. The third-order valence-corrected chi connectivity index (χ3v) is 2.86. The van der Waals surface area contributed by atoms with Gasteiger partial charge in [-0.3, -0.25) is 0 Å². The molecule has 2 aromatic rings. The molecule has 0 unspecified atom stereocenters. The van der Waals surface area contributed by atoms with E-state index in [1.54, 1.807) is 27.4 Å². The van der Waals surface area contributed by atoms with Gasteiger partial charge in [0.05, 0.1) is 21.3 Å². The van der Waals surface area contributed by atoms with Crippen molar-refractivity contribution in [3.63, 3.8) is 0 Å².